The van der Waals surface area contributed by atoms with Gasteiger partial charge >= 0.3 is 0 Å². The predicted molar refractivity (Wildman–Crippen MR) is 73.4 cm³/mol. The average Bonchev–Trinajstić information content (AvgIpc) is 2.37. The second-order valence-electron chi connectivity index (χ2n) is 5.32. The Kier molecular flexibility index (Phi) is 4.93. The van der Waals surface area contributed by atoms with E-state index in [4.69, 9.17) is 19.9 Å². The van der Waals surface area contributed by atoms with Crippen LogP contribution < -0.4 is 5.73 Å². The summed E-state index contributed by atoms with van der Waals surface area (Å²) in [5.41, 5.74) is 8.28. The molecule has 0 radical (unpaired) electrons. The highest BCUT2D eigenvalue weighted by Gasteiger charge is 2.37. The molecule has 1 heterocycles. The zero-order chi connectivity index (χ0) is 13.7. The smallest absolute Gasteiger partial charge is 0.213 e. The summed E-state index contributed by atoms with van der Waals surface area (Å²) >= 11 is 0. The highest BCUT2D eigenvalue weighted by Crippen LogP contribution is 2.31. The van der Waals surface area contributed by atoms with Crippen molar-refractivity contribution in [1.29, 1.82) is 0 Å². The summed E-state index contributed by atoms with van der Waals surface area (Å²) in [6.45, 7) is 6.78. The van der Waals surface area contributed by atoms with E-state index in [9.17, 15) is 0 Å². The lowest BCUT2D eigenvalue weighted by Crippen LogP contribution is -2.47. The first-order chi connectivity index (χ1) is 9.13. The molecule has 1 unspecified atom stereocenters. The van der Waals surface area contributed by atoms with Crippen LogP contribution >= 0.6 is 0 Å². The van der Waals surface area contributed by atoms with Crippen LogP contribution in [0.5, 0.6) is 0 Å². The van der Waals surface area contributed by atoms with Gasteiger partial charge in [0.25, 0.3) is 0 Å². The highest BCUT2D eigenvalue weighted by atomic mass is 16.7. The summed E-state index contributed by atoms with van der Waals surface area (Å²) in [7, 11) is 0. The lowest BCUT2D eigenvalue weighted by atomic mass is 9.84. The first-order valence-corrected chi connectivity index (χ1v) is 6.76. The largest absolute Gasteiger partial charge is 0.380 e. The van der Waals surface area contributed by atoms with Gasteiger partial charge in [-0.15, -0.1) is 0 Å². The normalized spacial score (nSPS) is 18.9. The molecule has 1 aromatic carbocycles. The lowest BCUT2D eigenvalue weighted by molar-refractivity contribution is -0.209. The molecule has 1 fully saturated rings. The van der Waals surface area contributed by atoms with Gasteiger partial charge in [0.2, 0.25) is 6.41 Å². The Bertz CT molecular complexity index is 381. The fourth-order valence-corrected chi connectivity index (χ4v) is 1.95. The quantitative estimate of drug-likeness (QED) is 0.768. The number of benzene rings is 1. The minimum absolute atomic E-state index is 0.144. The number of aryl methyl sites for hydroxylation is 1. The fourth-order valence-electron chi connectivity index (χ4n) is 1.95. The molecule has 0 saturated carbocycles. The van der Waals surface area contributed by atoms with E-state index in [0.29, 0.717) is 13.2 Å². The Morgan fingerprint density at radius 3 is 2.47 bits per heavy atom. The summed E-state index contributed by atoms with van der Waals surface area (Å²) < 4.78 is 16.3. The molecule has 106 valence electrons. The van der Waals surface area contributed by atoms with Crippen molar-refractivity contribution in [1.82, 2.24) is 0 Å². The number of hydrogen-bond acceptors (Lipinski definition) is 4. The first-order valence-electron chi connectivity index (χ1n) is 6.76. The van der Waals surface area contributed by atoms with Gasteiger partial charge in [0.05, 0.1) is 26.4 Å². The van der Waals surface area contributed by atoms with Crippen molar-refractivity contribution in [3.8, 4) is 0 Å². The molecule has 0 amide bonds. The van der Waals surface area contributed by atoms with Gasteiger partial charge in [0, 0.05) is 5.41 Å². The standard InChI is InChI=1S/C15H23NO3/c1-3-15(9-17-10-15)11-19-14(16)18-8-13-6-4-12(2)5-7-13/h4-7,14H,3,8-11,16H2,1-2H3. The molecule has 1 aliphatic heterocycles. The summed E-state index contributed by atoms with van der Waals surface area (Å²) in [4.78, 5) is 0. The second kappa shape index (κ2) is 6.48. The van der Waals surface area contributed by atoms with E-state index in [2.05, 4.69) is 26.0 Å². The molecule has 2 N–H and O–H groups in total. The maximum atomic E-state index is 5.81. The number of rotatable bonds is 7. The highest BCUT2D eigenvalue weighted by molar-refractivity contribution is 5.20. The van der Waals surface area contributed by atoms with Crippen molar-refractivity contribution in [2.24, 2.45) is 11.1 Å². The van der Waals surface area contributed by atoms with Crippen LogP contribution in [0.2, 0.25) is 0 Å². The molecule has 0 bridgehead atoms. The molecule has 1 saturated heterocycles. The van der Waals surface area contributed by atoms with Crippen LogP contribution in [0.25, 0.3) is 0 Å². The molecule has 1 aromatic rings. The van der Waals surface area contributed by atoms with E-state index < -0.39 is 6.41 Å². The Balaban J connectivity index is 1.69. The Hall–Kier alpha value is -0.940. The Labute approximate surface area is 114 Å². The maximum absolute atomic E-state index is 5.81. The molecule has 1 atom stereocenters. The maximum Gasteiger partial charge on any atom is 0.213 e. The van der Waals surface area contributed by atoms with Crippen LogP contribution in [0, 0.1) is 12.3 Å². The van der Waals surface area contributed by atoms with Crippen molar-refractivity contribution in [2.75, 3.05) is 19.8 Å². The summed E-state index contributed by atoms with van der Waals surface area (Å²) in [5, 5.41) is 0. The monoisotopic (exact) mass is 265 g/mol. The topological polar surface area (TPSA) is 53.7 Å². The third kappa shape index (κ3) is 4.01. The Morgan fingerprint density at radius 2 is 1.95 bits per heavy atom. The van der Waals surface area contributed by atoms with Gasteiger partial charge in [0.15, 0.2) is 0 Å². The fraction of sp³-hybridized carbons (Fsp3) is 0.600. The molecule has 4 heteroatoms. The molecular formula is C15H23NO3. The third-order valence-electron chi connectivity index (χ3n) is 3.66. The van der Waals surface area contributed by atoms with Crippen molar-refractivity contribution >= 4 is 0 Å². The van der Waals surface area contributed by atoms with Crippen LogP contribution in [0.15, 0.2) is 24.3 Å². The van der Waals surface area contributed by atoms with Crippen molar-refractivity contribution in [3.05, 3.63) is 35.4 Å². The van der Waals surface area contributed by atoms with Gasteiger partial charge in [-0.1, -0.05) is 36.8 Å². The molecule has 1 aliphatic rings. The lowest BCUT2D eigenvalue weighted by Gasteiger charge is -2.40. The van der Waals surface area contributed by atoms with E-state index in [1.807, 2.05) is 12.1 Å². The summed E-state index contributed by atoms with van der Waals surface area (Å²) in [6, 6.07) is 8.19. The van der Waals surface area contributed by atoms with E-state index >= 15 is 0 Å². The van der Waals surface area contributed by atoms with E-state index in [-0.39, 0.29) is 5.41 Å². The van der Waals surface area contributed by atoms with Crippen molar-refractivity contribution in [2.45, 2.75) is 33.3 Å². The molecule has 2 rings (SSSR count). The van der Waals surface area contributed by atoms with Crippen LogP contribution in [-0.4, -0.2) is 26.2 Å². The SMILES string of the molecule is CCC1(COC(N)OCc2ccc(C)cc2)COC1. The average molecular weight is 265 g/mol. The van der Waals surface area contributed by atoms with Gasteiger partial charge in [-0.05, 0) is 18.9 Å². The van der Waals surface area contributed by atoms with Gasteiger partial charge < -0.3 is 14.2 Å². The molecular weight excluding hydrogens is 242 g/mol. The minimum atomic E-state index is -0.676. The summed E-state index contributed by atoms with van der Waals surface area (Å²) in [6.07, 6.45) is 0.364. The van der Waals surface area contributed by atoms with Gasteiger partial charge in [-0.3, -0.25) is 5.73 Å². The minimum Gasteiger partial charge on any atom is -0.380 e. The van der Waals surface area contributed by atoms with Gasteiger partial charge in [-0.2, -0.15) is 0 Å². The van der Waals surface area contributed by atoms with Crippen molar-refractivity contribution < 1.29 is 14.2 Å². The molecule has 0 aliphatic carbocycles. The van der Waals surface area contributed by atoms with Crippen LogP contribution in [-0.2, 0) is 20.8 Å². The summed E-state index contributed by atoms with van der Waals surface area (Å²) in [5.74, 6) is 0. The zero-order valence-corrected chi connectivity index (χ0v) is 11.7. The number of ether oxygens (including phenoxy) is 3. The van der Waals surface area contributed by atoms with Gasteiger partial charge in [-0.25, -0.2) is 0 Å². The Morgan fingerprint density at radius 1 is 1.26 bits per heavy atom. The molecule has 0 aromatic heterocycles. The van der Waals surface area contributed by atoms with Crippen LogP contribution in [0.4, 0.5) is 0 Å². The van der Waals surface area contributed by atoms with E-state index in [1.165, 1.54) is 5.56 Å². The van der Waals surface area contributed by atoms with Gasteiger partial charge in [0.1, 0.15) is 0 Å². The molecule has 0 spiro atoms. The van der Waals surface area contributed by atoms with E-state index in [0.717, 1.165) is 25.2 Å². The van der Waals surface area contributed by atoms with Crippen molar-refractivity contribution in [3.63, 3.8) is 0 Å². The molecule has 4 nitrogen and oxygen atoms in total. The predicted octanol–water partition coefficient (Wildman–Crippen LogP) is 2.20. The second-order valence-corrected chi connectivity index (χ2v) is 5.32. The zero-order valence-electron chi connectivity index (χ0n) is 11.7. The third-order valence-corrected chi connectivity index (χ3v) is 3.66. The first kappa shape index (κ1) is 14.5. The van der Waals surface area contributed by atoms with Crippen LogP contribution in [0.3, 0.4) is 0 Å². The molecule has 19 heavy (non-hydrogen) atoms. The number of nitrogens with two attached hydrogens (primary N) is 1. The van der Waals surface area contributed by atoms with E-state index in [1.54, 1.807) is 0 Å². The number of hydrogen-bond donors (Lipinski definition) is 1. The van der Waals surface area contributed by atoms with Crippen LogP contribution in [0.1, 0.15) is 24.5 Å².